The molecule has 2 aliphatic carbocycles. The minimum Gasteiger partial charge on any atom is -0.496 e. The summed E-state index contributed by atoms with van der Waals surface area (Å²) in [6.45, 7) is 4.03. The molecule has 1 heterocycles. The van der Waals surface area contributed by atoms with Crippen LogP contribution in [0.4, 0.5) is 0 Å². The molecule has 1 aliphatic heterocycles. The fraction of sp³-hybridized carbons (Fsp3) is 0.667. The highest BCUT2D eigenvalue weighted by atomic mass is 16.5. The molecule has 4 unspecified atom stereocenters. The van der Waals surface area contributed by atoms with Gasteiger partial charge in [0.2, 0.25) is 0 Å². The van der Waals surface area contributed by atoms with Gasteiger partial charge in [0.25, 0.3) is 0 Å². The zero-order valence-electron chi connectivity index (χ0n) is 13.7. The third-order valence-corrected chi connectivity index (χ3v) is 4.77. The lowest BCUT2D eigenvalue weighted by Gasteiger charge is -2.37. The zero-order valence-corrected chi connectivity index (χ0v) is 13.7. The van der Waals surface area contributed by atoms with E-state index in [1.54, 1.807) is 6.26 Å². The minimum absolute atomic E-state index is 0.178. The third kappa shape index (κ3) is 3.47. The summed E-state index contributed by atoms with van der Waals surface area (Å²) in [5.74, 6) is 1.73. The molecule has 0 aromatic rings. The fourth-order valence-corrected chi connectivity index (χ4v) is 3.66. The maximum absolute atomic E-state index is 10.7. The lowest BCUT2D eigenvalue weighted by molar-refractivity contribution is 0.0448. The molecule has 3 rings (SSSR count). The summed E-state index contributed by atoms with van der Waals surface area (Å²) in [5, 5.41) is 30.6. The van der Waals surface area contributed by atoms with Crippen LogP contribution in [0, 0.1) is 5.92 Å². The molecule has 0 saturated carbocycles. The van der Waals surface area contributed by atoms with E-state index in [4.69, 9.17) is 9.47 Å². The summed E-state index contributed by atoms with van der Waals surface area (Å²) in [6.07, 6.45) is 4.76. The molecule has 23 heavy (non-hydrogen) atoms. The van der Waals surface area contributed by atoms with Gasteiger partial charge in [0.05, 0.1) is 30.3 Å². The second kappa shape index (κ2) is 6.67. The fourth-order valence-electron chi connectivity index (χ4n) is 3.66. The molecule has 0 amide bonds. The standard InChI is InChI=1S/C18H26O5/c1-10(2)23-13-5-3-11(4-6-13)14-9-22-16-8-12(19)7-15(20)17(16)18(14)21/h5,9-12,15,18-21H,3-4,6-8H2,1-2H3. The van der Waals surface area contributed by atoms with Gasteiger partial charge in [0.1, 0.15) is 11.9 Å². The van der Waals surface area contributed by atoms with Crippen molar-refractivity contribution in [1.29, 1.82) is 0 Å². The van der Waals surface area contributed by atoms with Crippen LogP contribution in [0.2, 0.25) is 0 Å². The van der Waals surface area contributed by atoms with Crippen LogP contribution in [0.5, 0.6) is 0 Å². The maximum atomic E-state index is 10.7. The van der Waals surface area contributed by atoms with E-state index >= 15 is 0 Å². The average molecular weight is 322 g/mol. The van der Waals surface area contributed by atoms with Gasteiger partial charge in [-0.25, -0.2) is 0 Å². The van der Waals surface area contributed by atoms with E-state index in [9.17, 15) is 15.3 Å². The second-order valence-electron chi connectivity index (χ2n) is 6.93. The number of allylic oxidation sites excluding steroid dienone is 2. The first-order valence-corrected chi connectivity index (χ1v) is 8.45. The molecule has 5 nitrogen and oxygen atoms in total. The molecule has 0 radical (unpaired) electrons. The number of aliphatic hydroxyl groups is 3. The van der Waals surface area contributed by atoms with E-state index in [2.05, 4.69) is 6.08 Å². The normalized spacial score (nSPS) is 34.5. The Morgan fingerprint density at radius 2 is 2.04 bits per heavy atom. The molecule has 0 saturated heterocycles. The number of hydrogen-bond donors (Lipinski definition) is 3. The lowest BCUT2D eigenvalue weighted by atomic mass is 9.78. The van der Waals surface area contributed by atoms with Crippen LogP contribution in [0.3, 0.4) is 0 Å². The van der Waals surface area contributed by atoms with Gasteiger partial charge in [0.15, 0.2) is 0 Å². The van der Waals surface area contributed by atoms with Crippen LogP contribution in [-0.4, -0.2) is 39.7 Å². The van der Waals surface area contributed by atoms with Crippen LogP contribution < -0.4 is 0 Å². The van der Waals surface area contributed by atoms with Gasteiger partial charge in [-0.1, -0.05) is 0 Å². The first-order chi connectivity index (χ1) is 11.0. The van der Waals surface area contributed by atoms with Crippen molar-refractivity contribution in [2.45, 2.75) is 70.4 Å². The number of hydrogen-bond acceptors (Lipinski definition) is 5. The Labute approximate surface area is 136 Å². The molecule has 0 fully saturated rings. The van der Waals surface area contributed by atoms with Gasteiger partial charge < -0.3 is 24.8 Å². The summed E-state index contributed by atoms with van der Waals surface area (Å²) in [7, 11) is 0. The Morgan fingerprint density at radius 1 is 1.26 bits per heavy atom. The summed E-state index contributed by atoms with van der Waals surface area (Å²) in [5.41, 5.74) is 1.35. The summed E-state index contributed by atoms with van der Waals surface area (Å²) < 4.78 is 11.4. The molecular formula is C18H26O5. The van der Waals surface area contributed by atoms with E-state index in [1.165, 1.54) is 0 Å². The summed E-state index contributed by atoms with van der Waals surface area (Å²) in [6, 6.07) is 0. The molecule has 0 aromatic heterocycles. The Kier molecular flexibility index (Phi) is 4.80. The minimum atomic E-state index is -0.841. The van der Waals surface area contributed by atoms with Crippen molar-refractivity contribution in [2.24, 2.45) is 5.92 Å². The van der Waals surface area contributed by atoms with Crippen molar-refractivity contribution in [1.82, 2.24) is 0 Å². The Hall–Kier alpha value is -1.30. The molecule has 4 atom stereocenters. The molecular weight excluding hydrogens is 296 g/mol. The Morgan fingerprint density at radius 3 is 2.70 bits per heavy atom. The van der Waals surface area contributed by atoms with Gasteiger partial charge in [-0.3, -0.25) is 0 Å². The molecule has 0 bridgehead atoms. The monoisotopic (exact) mass is 322 g/mol. The summed E-state index contributed by atoms with van der Waals surface area (Å²) >= 11 is 0. The highest BCUT2D eigenvalue weighted by Crippen LogP contribution is 2.40. The Balaban J connectivity index is 1.70. The average Bonchev–Trinajstić information content (AvgIpc) is 2.47. The maximum Gasteiger partial charge on any atom is 0.110 e. The predicted octanol–water partition coefficient (Wildman–Crippen LogP) is 2.14. The van der Waals surface area contributed by atoms with Crippen molar-refractivity contribution in [3.63, 3.8) is 0 Å². The molecule has 0 spiro atoms. The first-order valence-electron chi connectivity index (χ1n) is 8.45. The SMILES string of the molecule is CC(C)OC1=CCC(C2=COC3=C(C(O)CC(O)C3)C2O)CC1. The van der Waals surface area contributed by atoms with E-state index in [-0.39, 0.29) is 18.4 Å². The molecule has 3 aliphatic rings. The number of rotatable bonds is 3. The molecule has 128 valence electrons. The van der Waals surface area contributed by atoms with Crippen molar-refractivity contribution < 1.29 is 24.8 Å². The number of aliphatic hydroxyl groups excluding tert-OH is 3. The van der Waals surface area contributed by atoms with Gasteiger partial charge in [-0.2, -0.15) is 0 Å². The van der Waals surface area contributed by atoms with Crippen molar-refractivity contribution in [3.8, 4) is 0 Å². The largest absolute Gasteiger partial charge is 0.496 e. The number of ether oxygens (including phenoxy) is 2. The van der Waals surface area contributed by atoms with Crippen LogP contribution in [0.1, 0.15) is 46.0 Å². The van der Waals surface area contributed by atoms with Gasteiger partial charge in [0, 0.05) is 30.4 Å². The highest BCUT2D eigenvalue weighted by Gasteiger charge is 2.38. The van der Waals surface area contributed by atoms with Gasteiger partial charge >= 0.3 is 0 Å². The van der Waals surface area contributed by atoms with Crippen LogP contribution in [0.15, 0.2) is 35.0 Å². The van der Waals surface area contributed by atoms with Crippen molar-refractivity contribution in [3.05, 3.63) is 35.0 Å². The topological polar surface area (TPSA) is 79.2 Å². The van der Waals surface area contributed by atoms with Crippen molar-refractivity contribution in [2.75, 3.05) is 0 Å². The molecule has 3 N–H and O–H groups in total. The van der Waals surface area contributed by atoms with E-state index < -0.39 is 18.3 Å². The van der Waals surface area contributed by atoms with E-state index in [0.717, 1.165) is 30.6 Å². The van der Waals surface area contributed by atoms with Gasteiger partial charge in [-0.05, 0) is 38.7 Å². The Bertz CT molecular complexity index is 546. The van der Waals surface area contributed by atoms with Crippen LogP contribution in [-0.2, 0) is 9.47 Å². The predicted molar refractivity (Wildman–Crippen MR) is 85.1 cm³/mol. The highest BCUT2D eigenvalue weighted by molar-refractivity contribution is 5.35. The van der Waals surface area contributed by atoms with Gasteiger partial charge in [-0.15, -0.1) is 0 Å². The van der Waals surface area contributed by atoms with Crippen molar-refractivity contribution >= 4 is 0 Å². The smallest absolute Gasteiger partial charge is 0.110 e. The van der Waals surface area contributed by atoms with E-state index in [0.29, 0.717) is 17.8 Å². The zero-order chi connectivity index (χ0) is 16.6. The first kappa shape index (κ1) is 16.6. The third-order valence-electron chi connectivity index (χ3n) is 4.77. The van der Waals surface area contributed by atoms with Crippen LogP contribution >= 0.6 is 0 Å². The summed E-state index contributed by atoms with van der Waals surface area (Å²) in [4.78, 5) is 0. The molecule has 0 aromatic carbocycles. The van der Waals surface area contributed by atoms with E-state index in [1.807, 2.05) is 13.8 Å². The second-order valence-corrected chi connectivity index (χ2v) is 6.93. The quantitative estimate of drug-likeness (QED) is 0.742. The van der Waals surface area contributed by atoms with Crippen LogP contribution in [0.25, 0.3) is 0 Å². The lowest BCUT2D eigenvalue weighted by Crippen LogP contribution is -2.37. The molecule has 5 heteroatoms.